The van der Waals surface area contributed by atoms with Crippen LogP contribution in [0.1, 0.15) is 19.8 Å². The first-order valence-corrected chi connectivity index (χ1v) is 4.15. The van der Waals surface area contributed by atoms with Gasteiger partial charge < -0.3 is 5.11 Å². The predicted molar refractivity (Wildman–Crippen MR) is 41.8 cm³/mol. The molecule has 2 heteroatoms. The molecule has 2 unspecified atom stereocenters. The summed E-state index contributed by atoms with van der Waals surface area (Å²) in [6, 6.07) is 0. The smallest absolute Gasteiger partial charge is 0.102 e. The second-order valence-corrected chi connectivity index (χ2v) is 3.78. The van der Waals surface area contributed by atoms with Gasteiger partial charge in [0.1, 0.15) is 5.76 Å². The summed E-state index contributed by atoms with van der Waals surface area (Å²) in [5.41, 5.74) is 0. The second kappa shape index (κ2) is 2.74. The Kier molecular flexibility index (Phi) is 2.17. The van der Waals surface area contributed by atoms with Crippen molar-refractivity contribution in [2.45, 2.75) is 24.6 Å². The molecule has 0 aromatic rings. The van der Waals surface area contributed by atoms with Crippen LogP contribution >= 0.6 is 15.9 Å². The summed E-state index contributed by atoms with van der Waals surface area (Å²) in [5.74, 6) is 1.22. The minimum Gasteiger partial charge on any atom is -0.511 e. The average Bonchev–Trinajstić information content (AvgIpc) is 1.80. The number of halogens is 1. The number of hydrogen-bond donors (Lipinski definition) is 1. The summed E-state index contributed by atoms with van der Waals surface area (Å²) in [7, 11) is 0. The molecule has 2 atom stereocenters. The highest BCUT2D eigenvalue weighted by Crippen LogP contribution is 2.26. The van der Waals surface area contributed by atoms with E-state index < -0.39 is 0 Å². The molecule has 0 saturated carbocycles. The van der Waals surface area contributed by atoms with E-state index in [9.17, 15) is 0 Å². The molecule has 0 aliphatic heterocycles. The largest absolute Gasteiger partial charge is 0.511 e. The summed E-state index contributed by atoms with van der Waals surface area (Å²) in [5, 5.41) is 9.11. The first-order chi connectivity index (χ1) is 4.20. The Hall–Kier alpha value is 0.0200. The van der Waals surface area contributed by atoms with Gasteiger partial charge in [-0.25, -0.2) is 0 Å². The molecule has 1 aliphatic carbocycles. The Morgan fingerprint density at radius 3 is 2.89 bits per heavy atom. The fraction of sp³-hybridized carbons (Fsp3) is 0.714. The highest BCUT2D eigenvalue weighted by atomic mass is 79.9. The predicted octanol–water partition coefficient (Wildman–Crippen LogP) is 2.62. The lowest BCUT2D eigenvalue weighted by Gasteiger charge is -2.19. The third-order valence-electron chi connectivity index (χ3n) is 1.66. The Morgan fingerprint density at radius 1 is 1.78 bits per heavy atom. The quantitative estimate of drug-likeness (QED) is 0.583. The number of hydrogen-bond acceptors (Lipinski definition) is 1. The van der Waals surface area contributed by atoms with Crippen LogP contribution < -0.4 is 0 Å². The molecule has 0 spiro atoms. The molecule has 1 nitrogen and oxygen atoms in total. The van der Waals surface area contributed by atoms with E-state index in [1.54, 1.807) is 0 Å². The molecule has 1 aliphatic rings. The van der Waals surface area contributed by atoms with Gasteiger partial charge in [-0.2, -0.15) is 0 Å². The Labute approximate surface area is 63.9 Å². The van der Waals surface area contributed by atoms with Gasteiger partial charge in [-0.05, 0) is 24.8 Å². The van der Waals surface area contributed by atoms with Crippen molar-refractivity contribution >= 4 is 15.9 Å². The van der Waals surface area contributed by atoms with E-state index in [0.717, 1.165) is 12.8 Å². The zero-order valence-corrected chi connectivity index (χ0v) is 7.06. The maximum absolute atomic E-state index is 9.11. The fourth-order valence-electron chi connectivity index (χ4n) is 1.02. The normalized spacial score (nSPS) is 36.0. The lowest BCUT2D eigenvalue weighted by Crippen LogP contribution is -2.12. The van der Waals surface area contributed by atoms with E-state index in [2.05, 4.69) is 22.9 Å². The Bertz CT molecular complexity index is 131. The van der Waals surface area contributed by atoms with E-state index >= 15 is 0 Å². The van der Waals surface area contributed by atoms with Crippen LogP contribution in [0.5, 0.6) is 0 Å². The van der Waals surface area contributed by atoms with E-state index in [4.69, 9.17) is 5.11 Å². The molecule has 0 radical (unpaired) electrons. The van der Waals surface area contributed by atoms with Crippen LogP contribution in [0.2, 0.25) is 0 Å². The number of alkyl halides is 1. The van der Waals surface area contributed by atoms with Crippen LogP contribution in [0.15, 0.2) is 11.8 Å². The van der Waals surface area contributed by atoms with E-state index in [-0.39, 0.29) is 4.83 Å². The van der Waals surface area contributed by atoms with Crippen molar-refractivity contribution in [2.24, 2.45) is 5.92 Å². The Morgan fingerprint density at radius 2 is 2.44 bits per heavy atom. The molecule has 1 N–H and O–H groups in total. The van der Waals surface area contributed by atoms with Crippen molar-refractivity contribution in [3.8, 4) is 0 Å². The molecule has 0 aromatic carbocycles. The molecule has 9 heavy (non-hydrogen) atoms. The van der Waals surface area contributed by atoms with Gasteiger partial charge in [0.2, 0.25) is 0 Å². The minimum atomic E-state index is 0.209. The van der Waals surface area contributed by atoms with Crippen molar-refractivity contribution < 1.29 is 5.11 Å². The van der Waals surface area contributed by atoms with Gasteiger partial charge >= 0.3 is 0 Å². The van der Waals surface area contributed by atoms with Crippen molar-refractivity contribution in [1.82, 2.24) is 0 Å². The first-order valence-electron chi connectivity index (χ1n) is 3.23. The monoisotopic (exact) mass is 190 g/mol. The van der Waals surface area contributed by atoms with Gasteiger partial charge in [0, 0.05) is 0 Å². The molecule has 0 saturated heterocycles. The molecule has 0 aromatic heterocycles. The number of aliphatic hydroxyl groups excluding tert-OH is 1. The lowest BCUT2D eigenvalue weighted by atomic mass is 9.95. The molecular weight excluding hydrogens is 180 g/mol. The van der Waals surface area contributed by atoms with Crippen LogP contribution in [0.3, 0.4) is 0 Å². The SMILES string of the molecule is CC1CC=C(O)C(Br)C1. The van der Waals surface area contributed by atoms with Crippen molar-refractivity contribution in [3.05, 3.63) is 11.8 Å². The molecule has 52 valence electrons. The molecule has 0 fully saturated rings. The van der Waals surface area contributed by atoms with E-state index in [1.807, 2.05) is 6.08 Å². The Balaban J connectivity index is 2.56. The lowest BCUT2D eigenvalue weighted by molar-refractivity contribution is 0.353. The summed E-state index contributed by atoms with van der Waals surface area (Å²) in [4.78, 5) is 0.209. The molecule has 0 bridgehead atoms. The molecule has 0 heterocycles. The van der Waals surface area contributed by atoms with Crippen LogP contribution in [0, 0.1) is 5.92 Å². The highest BCUT2D eigenvalue weighted by Gasteiger charge is 2.17. The summed E-state index contributed by atoms with van der Waals surface area (Å²) >= 11 is 3.38. The third-order valence-corrected chi connectivity index (χ3v) is 2.50. The summed E-state index contributed by atoms with van der Waals surface area (Å²) in [6.07, 6.45) is 3.98. The van der Waals surface area contributed by atoms with Gasteiger partial charge in [-0.15, -0.1) is 0 Å². The molecule has 1 rings (SSSR count). The van der Waals surface area contributed by atoms with Crippen molar-refractivity contribution in [2.75, 3.05) is 0 Å². The first kappa shape index (κ1) is 7.13. The fourth-order valence-corrected chi connectivity index (χ4v) is 1.85. The maximum Gasteiger partial charge on any atom is 0.102 e. The van der Waals surface area contributed by atoms with Crippen LogP contribution in [0.4, 0.5) is 0 Å². The van der Waals surface area contributed by atoms with Crippen LogP contribution in [-0.2, 0) is 0 Å². The van der Waals surface area contributed by atoms with E-state index in [0.29, 0.717) is 11.7 Å². The van der Waals surface area contributed by atoms with Crippen molar-refractivity contribution in [1.29, 1.82) is 0 Å². The third kappa shape index (κ3) is 1.71. The molecular formula is C7H11BrO. The van der Waals surface area contributed by atoms with Gasteiger partial charge in [0.25, 0.3) is 0 Å². The second-order valence-electron chi connectivity index (χ2n) is 2.67. The van der Waals surface area contributed by atoms with Crippen LogP contribution in [0.25, 0.3) is 0 Å². The van der Waals surface area contributed by atoms with Gasteiger partial charge in [-0.3, -0.25) is 0 Å². The average molecular weight is 191 g/mol. The topological polar surface area (TPSA) is 20.2 Å². The maximum atomic E-state index is 9.11. The van der Waals surface area contributed by atoms with Crippen molar-refractivity contribution in [3.63, 3.8) is 0 Å². The molecule has 0 amide bonds. The van der Waals surface area contributed by atoms with Gasteiger partial charge in [0.15, 0.2) is 0 Å². The minimum absolute atomic E-state index is 0.209. The van der Waals surface area contributed by atoms with Gasteiger partial charge in [0.05, 0.1) is 4.83 Å². The van der Waals surface area contributed by atoms with E-state index in [1.165, 1.54) is 0 Å². The zero-order chi connectivity index (χ0) is 6.85. The number of aliphatic hydroxyl groups is 1. The summed E-state index contributed by atoms with van der Waals surface area (Å²) < 4.78 is 0. The zero-order valence-electron chi connectivity index (χ0n) is 5.47. The van der Waals surface area contributed by atoms with Gasteiger partial charge in [-0.1, -0.05) is 22.9 Å². The number of allylic oxidation sites excluding steroid dienone is 2. The number of rotatable bonds is 0. The standard InChI is InChI=1S/C7H11BrO/c1-5-2-3-7(9)6(8)4-5/h3,5-6,9H,2,4H2,1H3. The highest BCUT2D eigenvalue weighted by molar-refractivity contribution is 9.09. The summed E-state index contributed by atoms with van der Waals surface area (Å²) in [6.45, 7) is 2.19. The van der Waals surface area contributed by atoms with Crippen LogP contribution in [-0.4, -0.2) is 9.93 Å².